The number of amides is 2. The van der Waals surface area contributed by atoms with Gasteiger partial charge >= 0.3 is 0 Å². The van der Waals surface area contributed by atoms with Crippen molar-refractivity contribution in [3.8, 4) is 11.8 Å². The molecule has 0 fully saturated rings. The van der Waals surface area contributed by atoms with Gasteiger partial charge in [0.2, 0.25) is 11.8 Å². The molecule has 0 saturated heterocycles. The van der Waals surface area contributed by atoms with Crippen LogP contribution in [0.15, 0.2) is 59.7 Å². The molecule has 2 amide bonds. The number of hydrogen-bond acceptors (Lipinski definition) is 4. The first-order valence-corrected chi connectivity index (χ1v) is 8.64. The van der Waals surface area contributed by atoms with E-state index in [1.807, 2.05) is 6.07 Å². The van der Waals surface area contributed by atoms with Gasteiger partial charge in [-0.15, -0.1) is 0 Å². The SMILES string of the molecule is NC(=O)c1ccc(C#CCNC(=O)CCn2cnc3ccccc3c2=O)cc1. The number of fused-ring (bicyclic) bond motifs is 1. The van der Waals surface area contributed by atoms with Crippen molar-refractivity contribution in [1.29, 1.82) is 0 Å². The zero-order chi connectivity index (χ0) is 19.9. The van der Waals surface area contributed by atoms with Gasteiger partial charge in [-0.3, -0.25) is 19.0 Å². The lowest BCUT2D eigenvalue weighted by Crippen LogP contribution is -2.27. The van der Waals surface area contributed by atoms with Crippen LogP contribution in [0.4, 0.5) is 0 Å². The standard InChI is InChI=1S/C21H18N4O3/c22-20(27)16-9-7-15(8-10-16)4-3-12-23-19(26)11-13-25-14-24-18-6-2-1-5-17(18)21(25)28/h1-2,5-10,14H,11-13H2,(H2,22,27)(H,23,26). The number of para-hydroxylation sites is 1. The van der Waals surface area contributed by atoms with Crippen LogP contribution in [0.1, 0.15) is 22.3 Å². The van der Waals surface area contributed by atoms with E-state index in [1.165, 1.54) is 10.9 Å². The first-order valence-electron chi connectivity index (χ1n) is 8.64. The molecular formula is C21H18N4O3. The second-order valence-electron chi connectivity index (χ2n) is 6.03. The third kappa shape index (κ3) is 4.62. The number of aryl methyl sites for hydroxylation is 1. The number of benzene rings is 2. The highest BCUT2D eigenvalue weighted by atomic mass is 16.2. The lowest BCUT2D eigenvalue weighted by atomic mass is 10.1. The molecule has 7 heteroatoms. The lowest BCUT2D eigenvalue weighted by Gasteiger charge is -2.06. The Morgan fingerprint density at radius 1 is 1.11 bits per heavy atom. The summed E-state index contributed by atoms with van der Waals surface area (Å²) in [5.41, 5.74) is 6.77. The van der Waals surface area contributed by atoms with Crippen LogP contribution < -0.4 is 16.6 Å². The van der Waals surface area contributed by atoms with Crippen LogP contribution in [0, 0.1) is 11.8 Å². The number of primary amides is 1. The molecule has 0 unspecified atom stereocenters. The molecule has 3 rings (SSSR count). The van der Waals surface area contributed by atoms with Gasteiger partial charge in [0, 0.05) is 24.1 Å². The van der Waals surface area contributed by atoms with Crippen molar-refractivity contribution >= 4 is 22.7 Å². The van der Waals surface area contributed by atoms with Gasteiger partial charge in [-0.25, -0.2) is 4.98 Å². The van der Waals surface area contributed by atoms with Gasteiger partial charge in [-0.05, 0) is 36.4 Å². The molecule has 0 saturated carbocycles. The number of hydrogen-bond donors (Lipinski definition) is 2. The van der Waals surface area contributed by atoms with Crippen LogP contribution >= 0.6 is 0 Å². The predicted octanol–water partition coefficient (Wildman–Crippen LogP) is 1.05. The Hall–Kier alpha value is -3.92. The van der Waals surface area contributed by atoms with E-state index in [-0.39, 0.29) is 31.0 Å². The summed E-state index contributed by atoms with van der Waals surface area (Å²) in [4.78, 5) is 39.6. The Morgan fingerprint density at radius 3 is 2.61 bits per heavy atom. The van der Waals surface area contributed by atoms with E-state index in [1.54, 1.807) is 42.5 Å². The van der Waals surface area contributed by atoms with Crippen LogP contribution in [-0.2, 0) is 11.3 Å². The molecule has 3 N–H and O–H groups in total. The molecule has 0 aliphatic carbocycles. The molecule has 0 radical (unpaired) electrons. The normalized spacial score (nSPS) is 10.1. The Balaban J connectivity index is 1.51. The van der Waals surface area contributed by atoms with Crippen molar-refractivity contribution in [1.82, 2.24) is 14.9 Å². The van der Waals surface area contributed by atoms with Crippen molar-refractivity contribution in [2.45, 2.75) is 13.0 Å². The van der Waals surface area contributed by atoms with Crippen molar-refractivity contribution in [2.75, 3.05) is 6.54 Å². The Bertz CT molecular complexity index is 1140. The van der Waals surface area contributed by atoms with Crippen LogP contribution in [0.5, 0.6) is 0 Å². The number of rotatable bonds is 5. The lowest BCUT2D eigenvalue weighted by molar-refractivity contribution is -0.121. The first kappa shape index (κ1) is 18.9. The number of nitrogens with two attached hydrogens (primary N) is 1. The van der Waals surface area contributed by atoms with E-state index < -0.39 is 5.91 Å². The molecule has 3 aromatic rings. The summed E-state index contributed by atoms with van der Waals surface area (Å²) in [6, 6.07) is 13.7. The number of aromatic nitrogens is 2. The largest absolute Gasteiger partial charge is 0.366 e. The fraction of sp³-hybridized carbons (Fsp3) is 0.143. The molecule has 7 nitrogen and oxygen atoms in total. The molecule has 1 aromatic heterocycles. The highest BCUT2D eigenvalue weighted by molar-refractivity contribution is 5.92. The van der Waals surface area contributed by atoms with E-state index >= 15 is 0 Å². The second-order valence-corrected chi connectivity index (χ2v) is 6.03. The number of carbonyl (C=O) groups excluding carboxylic acids is 2. The first-order chi connectivity index (χ1) is 13.5. The van der Waals surface area contributed by atoms with Gasteiger partial charge in [-0.2, -0.15) is 0 Å². The van der Waals surface area contributed by atoms with E-state index in [9.17, 15) is 14.4 Å². The van der Waals surface area contributed by atoms with Crippen molar-refractivity contribution in [2.24, 2.45) is 5.73 Å². The highest BCUT2D eigenvalue weighted by Crippen LogP contribution is 2.05. The number of nitrogens with zero attached hydrogens (tertiary/aromatic N) is 2. The maximum Gasteiger partial charge on any atom is 0.261 e. The van der Waals surface area contributed by atoms with Gasteiger partial charge in [0.1, 0.15) is 0 Å². The number of carbonyl (C=O) groups is 2. The van der Waals surface area contributed by atoms with Gasteiger partial charge < -0.3 is 11.1 Å². The highest BCUT2D eigenvalue weighted by Gasteiger charge is 2.05. The van der Waals surface area contributed by atoms with E-state index in [0.717, 1.165) is 0 Å². The molecule has 28 heavy (non-hydrogen) atoms. The average molecular weight is 374 g/mol. The van der Waals surface area contributed by atoms with Crippen LogP contribution in [0.25, 0.3) is 10.9 Å². The molecule has 0 aliphatic rings. The van der Waals surface area contributed by atoms with E-state index in [2.05, 4.69) is 22.1 Å². The third-order valence-corrected chi connectivity index (χ3v) is 4.09. The Kier molecular flexibility index (Phi) is 5.82. The topological polar surface area (TPSA) is 107 Å². The van der Waals surface area contributed by atoms with Crippen molar-refractivity contribution in [3.63, 3.8) is 0 Å². The van der Waals surface area contributed by atoms with Crippen LogP contribution in [0.3, 0.4) is 0 Å². The monoisotopic (exact) mass is 374 g/mol. The minimum atomic E-state index is -0.493. The van der Waals surface area contributed by atoms with Crippen molar-refractivity contribution in [3.05, 3.63) is 76.3 Å². The predicted molar refractivity (Wildman–Crippen MR) is 105 cm³/mol. The minimum Gasteiger partial charge on any atom is -0.366 e. The molecule has 1 heterocycles. The van der Waals surface area contributed by atoms with Gasteiger partial charge in [0.25, 0.3) is 5.56 Å². The van der Waals surface area contributed by atoms with Crippen LogP contribution in [-0.4, -0.2) is 27.9 Å². The zero-order valence-corrected chi connectivity index (χ0v) is 15.0. The smallest absolute Gasteiger partial charge is 0.261 e. The van der Waals surface area contributed by atoms with Crippen LogP contribution in [0.2, 0.25) is 0 Å². The van der Waals surface area contributed by atoms with Gasteiger partial charge in [0.15, 0.2) is 0 Å². The van der Waals surface area contributed by atoms with Crippen molar-refractivity contribution < 1.29 is 9.59 Å². The fourth-order valence-electron chi connectivity index (χ4n) is 2.58. The summed E-state index contributed by atoms with van der Waals surface area (Å²) in [6.07, 6.45) is 1.60. The summed E-state index contributed by atoms with van der Waals surface area (Å²) in [5, 5.41) is 3.21. The van der Waals surface area contributed by atoms with E-state index in [0.29, 0.717) is 22.0 Å². The maximum absolute atomic E-state index is 12.4. The molecule has 0 bridgehead atoms. The summed E-state index contributed by atoms with van der Waals surface area (Å²) >= 11 is 0. The summed E-state index contributed by atoms with van der Waals surface area (Å²) in [5.74, 6) is 5.02. The molecule has 0 aliphatic heterocycles. The number of nitrogens with one attached hydrogen (secondary N) is 1. The zero-order valence-electron chi connectivity index (χ0n) is 15.0. The molecule has 0 spiro atoms. The maximum atomic E-state index is 12.4. The quantitative estimate of drug-likeness (QED) is 0.651. The minimum absolute atomic E-state index is 0.148. The Morgan fingerprint density at radius 2 is 1.86 bits per heavy atom. The molecule has 140 valence electrons. The summed E-state index contributed by atoms with van der Waals surface area (Å²) in [7, 11) is 0. The summed E-state index contributed by atoms with van der Waals surface area (Å²) < 4.78 is 1.42. The molecule has 0 atom stereocenters. The second kappa shape index (κ2) is 8.64. The Labute approximate surface area is 161 Å². The average Bonchev–Trinajstić information content (AvgIpc) is 2.71. The van der Waals surface area contributed by atoms with Gasteiger partial charge in [0.05, 0.1) is 23.8 Å². The van der Waals surface area contributed by atoms with Gasteiger partial charge in [-0.1, -0.05) is 24.0 Å². The summed E-state index contributed by atoms with van der Waals surface area (Å²) in [6.45, 7) is 0.422. The molecule has 2 aromatic carbocycles. The van der Waals surface area contributed by atoms with E-state index in [4.69, 9.17) is 5.73 Å². The third-order valence-electron chi connectivity index (χ3n) is 4.09. The fourth-order valence-corrected chi connectivity index (χ4v) is 2.58. The molecular weight excluding hydrogens is 356 g/mol.